The summed E-state index contributed by atoms with van der Waals surface area (Å²) in [4.78, 5) is 19.2. The molecule has 0 aromatic heterocycles. The molecule has 0 aliphatic heterocycles. The van der Waals surface area contributed by atoms with Crippen molar-refractivity contribution in [3.05, 3.63) is 12.7 Å². The molecule has 2 atom stereocenters. The van der Waals surface area contributed by atoms with Crippen LogP contribution in [0.15, 0.2) is 12.7 Å². The first kappa shape index (κ1) is 12.4. The lowest BCUT2D eigenvalue weighted by Gasteiger charge is -2.14. The molecule has 0 spiro atoms. The lowest BCUT2D eigenvalue weighted by atomic mass is 10.2. The van der Waals surface area contributed by atoms with Crippen LogP contribution in [0.5, 0.6) is 0 Å². The lowest BCUT2D eigenvalue weighted by Crippen LogP contribution is -2.36. The molecule has 0 aromatic rings. The largest absolute Gasteiger partial charge is 0.348 e. The van der Waals surface area contributed by atoms with Crippen molar-refractivity contribution >= 4 is 14.2 Å². The monoisotopic (exact) mass is 207 g/mol. The maximum Gasteiger partial charge on any atom is 0.316 e. The van der Waals surface area contributed by atoms with Crippen molar-refractivity contribution < 1.29 is 18.8 Å². The molecule has 0 aliphatic carbocycles. The Morgan fingerprint density at radius 2 is 2.46 bits per heavy atom. The number of hydrogen-bond acceptors (Lipinski definition) is 3. The van der Waals surface area contributed by atoms with E-state index in [0.717, 1.165) is 6.08 Å². The van der Waals surface area contributed by atoms with Gasteiger partial charge in [0.15, 0.2) is 0 Å². The summed E-state index contributed by atoms with van der Waals surface area (Å²) in [6.45, 7) is 5.17. The van der Waals surface area contributed by atoms with E-state index in [0.29, 0.717) is 6.42 Å². The molecule has 0 aromatic carbocycles. The third-order valence-electron chi connectivity index (χ3n) is 1.43. The predicted octanol–water partition coefficient (Wildman–Crippen LogP) is 0.466. The van der Waals surface area contributed by atoms with Crippen molar-refractivity contribution in [3.63, 3.8) is 0 Å². The molecule has 0 fully saturated rings. The first-order valence-corrected chi connectivity index (χ1v) is 5.15. The second kappa shape index (κ2) is 6.83. The molecule has 1 amide bonds. The molecule has 76 valence electrons. The third-order valence-corrected chi connectivity index (χ3v) is 1.85. The van der Waals surface area contributed by atoms with Crippen LogP contribution in [0.25, 0.3) is 0 Å². The Hall–Kier alpha value is -0.640. The van der Waals surface area contributed by atoms with Gasteiger partial charge in [-0.25, -0.2) is 0 Å². The van der Waals surface area contributed by atoms with Gasteiger partial charge in [-0.05, 0) is 12.5 Å². The van der Waals surface area contributed by atoms with Crippen LogP contribution in [-0.4, -0.2) is 23.4 Å². The Morgan fingerprint density at radius 1 is 1.85 bits per heavy atom. The highest BCUT2D eigenvalue weighted by atomic mass is 31.1. The normalized spacial score (nSPS) is 14.6. The SMILES string of the molecule is C=CC(=O)NC(CC)CO[PH](=O)O. The van der Waals surface area contributed by atoms with Crippen molar-refractivity contribution in [1.82, 2.24) is 5.32 Å². The number of nitrogens with one attached hydrogen (secondary N) is 1. The highest BCUT2D eigenvalue weighted by Gasteiger charge is 2.08. The van der Waals surface area contributed by atoms with Gasteiger partial charge in [-0.15, -0.1) is 0 Å². The molecule has 2 N–H and O–H groups in total. The Bertz CT molecular complexity index is 207. The Morgan fingerprint density at radius 3 is 2.85 bits per heavy atom. The number of hydrogen-bond donors (Lipinski definition) is 2. The topological polar surface area (TPSA) is 75.6 Å². The molecule has 0 bridgehead atoms. The van der Waals surface area contributed by atoms with Crippen LogP contribution in [0.1, 0.15) is 13.3 Å². The van der Waals surface area contributed by atoms with Crippen molar-refractivity contribution in [2.45, 2.75) is 19.4 Å². The molecule has 0 saturated heterocycles. The van der Waals surface area contributed by atoms with E-state index < -0.39 is 8.25 Å². The molecule has 0 radical (unpaired) electrons. The zero-order valence-corrected chi connectivity index (χ0v) is 8.45. The van der Waals surface area contributed by atoms with Crippen LogP contribution in [0.4, 0.5) is 0 Å². The van der Waals surface area contributed by atoms with Gasteiger partial charge in [-0.2, -0.15) is 0 Å². The summed E-state index contributed by atoms with van der Waals surface area (Å²) < 4.78 is 14.7. The molecule has 6 heteroatoms. The highest BCUT2D eigenvalue weighted by Crippen LogP contribution is 2.14. The van der Waals surface area contributed by atoms with E-state index in [1.807, 2.05) is 6.92 Å². The third kappa shape index (κ3) is 6.51. The molecule has 0 heterocycles. The average molecular weight is 207 g/mol. The number of carbonyl (C=O) groups excluding carboxylic acids is 1. The van der Waals surface area contributed by atoms with Gasteiger partial charge in [0, 0.05) is 0 Å². The summed E-state index contributed by atoms with van der Waals surface area (Å²) in [5.74, 6) is -0.312. The minimum atomic E-state index is -2.91. The minimum absolute atomic E-state index is 0.0460. The minimum Gasteiger partial charge on any atom is -0.348 e. The van der Waals surface area contributed by atoms with Gasteiger partial charge in [0.25, 0.3) is 0 Å². The second-order valence-electron chi connectivity index (χ2n) is 2.39. The van der Waals surface area contributed by atoms with Crippen LogP contribution in [0.2, 0.25) is 0 Å². The van der Waals surface area contributed by atoms with Gasteiger partial charge in [0.05, 0.1) is 12.6 Å². The van der Waals surface area contributed by atoms with E-state index in [1.165, 1.54) is 0 Å². The van der Waals surface area contributed by atoms with Crippen molar-refractivity contribution in [2.75, 3.05) is 6.61 Å². The van der Waals surface area contributed by atoms with E-state index in [2.05, 4.69) is 16.4 Å². The maximum absolute atomic E-state index is 10.8. The van der Waals surface area contributed by atoms with E-state index in [4.69, 9.17) is 4.89 Å². The molecule has 2 unspecified atom stereocenters. The van der Waals surface area contributed by atoms with Gasteiger partial charge < -0.3 is 14.7 Å². The molecular formula is C7H14NO4P. The second-order valence-corrected chi connectivity index (χ2v) is 3.22. The Kier molecular flexibility index (Phi) is 6.49. The number of amides is 1. The average Bonchev–Trinajstić information content (AvgIpc) is 2.11. The highest BCUT2D eigenvalue weighted by molar-refractivity contribution is 7.32. The van der Waals surface area contributed by atoms with Crippen LogP contribution in [-0.2, 0) is 13.9 Å². The zero-order chi connectivity index (χ0) is 10.3. The Labute approximate surface area is 77.7 Å². The summed E-state index contributed by atoms with van der Waals surface area (Å²) in [7, 11) is -2.91. The fourth-order valence-corrected chi connectivity index (χ4v) is 1.04. The number of rotatable bonds is 6. The Balaban J connectivity index is 3.81. The van der Waals surface area contributed by atoms with Crippen LogP contribution < -0.4 is 5.32 Å². The van der Waals surface area contributed by atoms with Gasteiger partial charge in [-0.3, -0.25) is 9.36 Å². The molecule has 0 saturated carbocycles. The summed E-state index contributed by atoms with van der Waals surface area (Å²) in [6, 6.07) is -0.244. The van der Waals surface area contributed by atoms with Crippen LogP contribution in [0, 0.1) is 0 Å². The maximum atomic E-state index is 10.8. The summed E-state index contributed by atoms with van der Waals surface area (Å²) in [5.41, 5.74) is 0. The first-order chi connectivity index (χ1) is 6.10. The van der Waals surface area contributed by atoms with Crippen molar-refractivity contribution in [1.29, 1.82) is 0 Å². The summed E-state index contributed by atoms with van der Waals surface area (Å²) in [6.07, 6.45) is 1.78. The fourth-order valence-electron chi connectivity index (χ4n) is 0.694. The van der Waals surface area contributed by atoms with Gasteiger partial charge >= 0.3 is 8.25 Å². The van der Waals surface area contributed by atoms with E-state index in [1.54, 1.807) is 0 Å². The zero-order valence-electron chi connectivity index (χ0n) is 7.45. The van der Waals surface area contributed by atoms with Gasteiger partial charge in [0.1, 0.15) is 0 Å². The standard InChI is InChI=1S/C7H14NO4P/c1-3-6(5-12-13(10)11)8-7(9)4-2/h4,6,13H,2-3,5H2,1H3,(H,8,9)(H,10,11). The molecule has 0 rings (SSSR count). The van der Waals surface area contributed by atoms with Crippen LogP contribution in [0.3, 0.4) is 0 Å². The predicted molar refractivity (Wildman–Crippen MR) is 49.6 cm³/mol. The van der Waals surface area contributed by atoms with Crippen molar-refractivity contribution in [2.24, 2.45) is 0 Å². The van der Waals surface area contributed by atoms with Gasteiger partial charge in [0.2, 0.25) is 5.91 Å². The molecule has 0 aliphatic rings. The van der Waals surface area contributed by atoms with E-state index in [-0.39, 0.29) is 18.6 Å². The molecule has 13 heavy (non-hydrogen) atoms. The van der Waals surface area contributed by atoms with E-state index >= 15 is 0 Å². The summed E-state index contributed by atoms with van der Waals surface area (Å²) >= 11 is 0. The quantitative estimate of drug-likeness (QED) is 0.490. The van der Waals surface area contributed by atoms with Crippen molar-refractivity contribution in [3.8, 4) is 0 Å². The fraction of sp³-hybridized carbons (Fsp3) is 0.571. The molecule has 5 nitrogen and oxygen atoms in total. The molecular weight excluding hydrogens is 193 g/mol. The number of carbonyl (C=O) groups is 1. The first-order valence-electron chi connectivity index (χ1n) is 3.88. The lowest BCUT2D eigenvalue weighted by molar-refractivity contribution is -0.117. The van der Waals surface area contributed by atoms with Crippen LogP contribution >= 0.6 is 8.25 Å². The summed E-state index contributed by atoms with van der Waals surface area (Å²) in [5, 5.41) is 2.56. The van der Waals surface area contributed by atoms with Gasteiger partial charge in [-0.1, -0.05) is 13.5 Å². The van der Waals surface area contributed by atoms with E-state index in [9.17, 15) is 9.36 Å². The smallest absolute Gasteiger partial charge is 0.316 e.